The molecule has 0 saturated carbocycles. The van der Waals surface area contributed by atoms with E-state index in [9.17, 15) is 0 Å². The third kappa shape index (κ3) is 7.20. The van der Waals surface area contributed by atoms with Crippen molar-refractivity contribution in [2.24, 2.45) is 0 Å². The van der Waals surface area contributed by atoms with Gasteiger partial charge < -0.3 is 18.9 Å². The lowest BCUT2D eigenvalue weighted by molar-refractivity contribution is -0.395. The summed E-state index contributed by atoms with van der Waals surface area (Å²) in [6.07, 6.45) is 9.69. The van der Waals surface area contributed by atoms with Crippen molar-refractivity contribution >= 4 is 6.08 Å². The number of hydrogen-bond acceptors (Lipinski definition) is 4. The van der Waals surface area contributed by atoms with Gasteiger partial charge in [0.1, 0.15) is 6.10 Å². The van der Waals surface area contributed by atoms with Crippen molar-refractivity contribution in [3.63, 3.8) is 0 Å². The highest BCUT2D eigenvalue weighted by Crippen LogP contribution is 2.26. The molecular weight excluding hydrogens is 328 g/mol. The van der Waals surface area contributed by atoms with E-state index in [1.807, 2.05) is 24.3 Å². The van der Waals surface area contributed by atoms with Crippen molar-refractivity contribution in [1.82, 2.24) is 0 Å². The Morgan fingerprint density at radius 2 is 1.65 bits per heavy atom. The van der Waals surface area contributed by atoms with Crippen LogP contribution in [0.2, 0.25) is 0 Å². The fourth-order valence-corrected chi connectivity index (χ4v) is 3.12. The zero-order chi connectivity index (χ0) is 19.3. The average molecular weight is 365 g/mol. The number of hydrogen-bond donors (Lipinski definition) is 0. The van der Waals surface area contributed by atoms with E-state index in [4.69, 9.17) is 18.9 Å². The first-order chi connectivity index (χ1) is 12.7. The zero-order valence-corrected chi connectivity index (χ0v) is 17.0. The largest absolute Gasteiger partial charge is 0.365 e. The molecule has 0 radical (unpaired) electrons. The van der Waals surface area contributed by atoms with Gasteiger partial charge in [0, 0.05) is 21.3 Å². The van der Waals surface area contributed by atoms with Gasteiger partial charge in [0.2, 0.25) is 0 Å². The van der Waals surface area contributed by atoms with E-state index < -0.39 is 5.97 Å². The minimum Gasteiger partial charge on any atom is -0.365 e. The first-order valence-corrected chi connectivity index (χ1v) is 9.64. The number of benzene rings is 1. The molecule has 148 valence electrons. The number of unbranched alkanes of at least 4 members (excludes halogenated alkanes) is 5. The normalized spacial score (nSPS) is 12.9. The predicted molar refractivity (Wildman–Crippen MR) is 107 cm³/mol. The first-order valence-electron chi connectivity index (χ1n) is 9.64. The molecule has 0 saturated heterocycles. The Hall–Kier alpha value is -1.20. The smallest absolute Gasteiger partial charge is 0.310 e. The Morgan fingerprint density at radius 3 is 2.27 bits per heavy atom. The van der Waals surface area contributed by atoms with Gasteiger partial charge in [0.15, 0.2) is 0 Å². The highest BCUT2D eigenvalue weighted by molar-refractivity contribution is 5.47. The number of methoxy groups -OCH3 is 3. The van der Waals surface area contributed by atoms with Crippen LogP contribution < -0.4 is 0 Å². The first kappa shape index (κ1) is 22.8. The second-order valence-electron chi connectivity index (χ2n) is 6.52. The van der Waals surface area contributed by atoms with Gasteiger partial charge in [-0.25, -0.2) is 0 Å². The topological polar surface area (TPSA) is 36.9 Å². The maximum Gasteiger partial charge on any atom is 0.310 e. The lowest BCUT2D eigenvalue weighted by Crippen LogP contribution is -2.49. The van der Waals surface area contributed by atoms with Crippen molar-refractivity contribution in [3.05, 3.63) is 42.0 Å². The lowest BCUT2D eigenvalue weighted by Gasteiger charge is -2.36. The van der Waals surface area contributed by atoms with Crippen molar-refractivity contribution in [3.8, 4) is 0 Å². The molecule has 0 aliphatic heterocycles. The van der Waals surface area contributed by atoms with Crippen LogP contribution in [0.5, 0.6) is 0 Å². The summed E-state index contributed by atoms with van der Waals surface area (Å²) in [5.74, 6) is -1.18. The van der Waals surface area contributed by atoms with E-state index in [0.717, 1.165) is 24.0 Å². The fraction of sp³-hybridized carbons (Fsp3) is 0.636. The molecule has 4 nitrogen and oxygen atoms in total. The van der Waals surface area contributed by atoms with Crippen LogP contribution in [-0.4, -0.2) is 33.4 Å². The Morgan fingerprint density at radius 1 is 1.00 bits per heavy atom. The van der Waals surface area contributed by atoms with Crippen LogP contribution in [-0.2, 0) is 25.6 Å². The van der Waals surface area contributed by atoms with Gasteiger partial charge in [-0.05, 0) is 23.6 Å². The van der Waals surface area contributed by atoms with E-state index in [0.29, 0.717) is 6.61 Å². The van der Waals surface area contributed by atoms with Gasteiger partial charge >= 0.3 is 5.97 Å². The summed E-state index contributed by atoms with van der Waals surface area (Å²) in [6.45, 7) is 6.52. The monoisotopic (exact) mass is 364 g/mol. The Balaban J connectivity index is 2.68. The van der Waals surface area contributed by atoms with Crippen LogP contribution in [0.4, 0.5) is 0 Å². The average Bonchev–Trinajstić information content (AvgIpc) is 2.69. The summed E-state index contributed by atoms with van der Waals surface area (Å²) >= 11 is 0. The SMILES string of the molecule is C=Cc1cccc(COC(CCCCCCCC)C(OC)(OC)OC)c1. The van der Waals surface area contributed by atoms with E-state index in [1.54, 1.807) is 21.3 Å². The van der Waals surface area contributed by atoms with Gasteiger partial charge in [-0.15, -0.1) is 0 Å². The van der Waals surface area contributed by atoms with Crippen LogP contribution in [0.3, 0.4) is 0 Å². The van der Waals surface area contributed by atoms with Gasteiger partial charge in [0.25, 0.3) is 0 Å². The van der Waals surface area contributed by atoms with Crippen LogP contribution >= 0.6 is 0 Å². The van der Waals surface area contributed by atoms with Gasteiger partial charge in [-0.2, -0.15) is 0 Å². The molecule has 0 spiro atoms. The van der Waals surface area contributed by atoms with Gasteiger partial charge in [-0.1, -0.05) is 76.3 Å². The highest BCUT2D eigenvalue weighted by Gasteiger charge is 2.40. The molecule has 26 heavy (non-hydrogen) atoms. The summed E-state index contributed by atoms with van der Waals surface area (Å²) in [6, 6.07) is 8.15. The Labute approximate surface area is 159 Å². The fourth-order valence-electron chi connectivity index (χ4n) is 3.12. The number of ether oxygens (including phenoxy) is 4. The molecule has 0 heterocycles. The molecule has 0 fully saturated rings. The molecule has 1 unspecified atom stereocenters. The second kappa shape index (κ2) is 13.0. The predicted octanol–water partition coefficient (Wildman–Crippen LogP) is 5.56. The molecule has 1 aromatic carbocycles. The maximum atomic E-state index is 6.18. The summed E-state index contributed by atoms with van der Waals surface area (Å²) in [7, 11) is 4.76. The summed E-state index contributed by atoms with van der Waals surface area (Å²) in [5.41, 5.74) is 2.17. The molecule has 1 rings (SSSR count). The molecular formula is C22H36O4. The summed E-state index contributed by atoms with van der Waals surface area (Å²) in [5, 5.41) is 0. The van der Waals surface area contributed by atoms with Crippen molar-refractivity contribution in [2.75, 3.05) is 21.3 Å². The third-order valence-corrected chi connectivity index (χ3v) is 4.71. The van der Waals surface area contributed by atoms with E-state index >= 15 is 0 Å². The molecule has 1 aromatic rings. The number of rotatable bonds is 15. The maximum absolute atomic E-state index is 6.18. The second-order valence-corrected chi connectivity index (χ2v) is 6.52. The quantitative estimate of drug-likeness (QED) is 0.302. The van der Waals surface area contributed by atoms with Crippen molar-refractivity contribution < 1.29 is 18.9 Å². The summed E-state index contributed by atoms with van der Waals surface area (Å²) in [4.78, 5) is 0. The van der Waals surface area contributed by atoms with E-state index in [1.165, 1.54) is 32.1 Å². The van der Waals surface area contributed by atoms with Crippen LogP contribution in [0, 0.1) is 0 Å². The van der Waals surface area contributed by atoms with E-state index in [-0.39, 0.29) is 6.10 Å². The molecule has 0 aliphatic rings. The van der Waals surface area contributed by atoms with Gasteiger partial charge in [0.05, 0.1) is 6.61 Å². The Bertz CT molecular complexity index is 488. The van der Waals surface area contributed by atoms with Crippen LogP contribution in [0.25, 0.3) is 6.08 Å². The van der Waals surface area contributed by atoms with Crippen LogP contribution in [0.15, 0.2) is 30.8 Å². The van der Waals surface area contributed by atoms with Gasteiger partial charge in [-0.3, -0.25) is 0 Å². The third-order valence-electron chi connectivity index (χ3n) is 4.71. The van der Waals surface area contributed by atoms with Crippen LogP contribution in [0.1, 0.15) is 63.0 Å². The molecule has 1 atom stereocenters. The minimum atomic E-state index is -1.18. The van der Waals surface area contributed by atoms with Crippen molar-refractivity contribution in [2.45, 2.75) is 70.6 Å². The molecule has 0 aliphatic carbocycles. The lowest BCUT2D eigenvalue weighted by atomic mass is 10.1. The molecule has 0 N–H and O–H groups in total. The zero-order valence-electron chi connectivity index (χ0n) is 17.0. The van der Waals surface area contributed by atoms with E-state index in [2.05, 4.69) is 19.6 Å². The standard InChI is InChI=1S/C22H36O4/c1-6-8-9-10-11-12-16-21(22(23-3,24-4)25-5)26-18-20-15-13-14-19(7-2)17-20/h7,13-15,17,21H,2,6,8-12,16,18H2,1,3-5H3. The molecule has 4 heteroatoms. The minimum absolute atomic E-state index is 0.305. The highest BCUT2D eigenvalue weighted by atomic mass is 16.9. The molecule has 0 bridgehead atoms. The summed E-state index contributed by atoms with van der Waals surface area (Å²) < 4.78 is 22.8. The van der Waals surface area contributed by atoms with Crippen molar-refractivity contribution in [1.29, 1.82) is 0 Å². The Kier molecular flexibility index (Phi) is 11.5. The molecule has 0 amide bonds. The molecule has 0 aromatic heterocycles.